The summed E-state index contributed by atoms with van der Waals surface area (Å²) in [6.07, 6.45) is 4.11. The molecule has 4 heteroatoms. The van der Waals surface area contributed by atoms with Crippen molar-refractivity contribution in [1.29, 1.82) is 0 Å². The maximum absolute atomic E-state index is 5.49. The third-order valence-corrected chi connectivity index (χ3v) is 5.05. The summed E-state index contributed by atoms with van der Waals surface area (Å²) in [4.78, 5) is 5.08. The van der Waals surface area contributed by atoms with E-state index in [0.717, 1.165) is 37.8 Å². The van der Waals surface area contributed by atoms with Gasteiger partial charge in [0.05, 0.1) is 12.8 Å². The fourth-order valence-electron chi connectivity index (χ4n) is 3.64. The molecule has 2 heterocycles. The molecule has 1 aromatic rings. The van der Waals surface area contributed by atoms with Crippen LogP contribution in [0.5, 0.6) is 5.75 Å². The number of methoxy groups -OCH3 is 1. The molecule has 1 atom stereocenters. The van der Waals surface area contributed by atoms with E-state index >= 15 is 0 Å². The minimum absolute atomic E-state index is 0.890. The zero-order valence-corrected chi connectivity index (χ0v) is 13.8. The summed E-state index contributed by atoms with van der Waals surface area (Å²) in [7, 11) is 1.76. The highest BCUT2D eigenvalue weighted by Gasteiger charge is 2.20. The third kappa shape index (κ3) is 3.93. The van der Waals surface area contributed by atoms with E-state index in [1.165, 1.54) is 44.6 Å². The average molecular weight is 303 g/mol. The minimum Gasteiger partial charge on any atom is -0.495 e. The molecule has 1 unspecified atom stereocenters. The topological polar surface area (TPSA) is 27.7 Å². The van der Waals surface area contributed by atoms with E-state index in [2.05, 4.69) is 33.3 Å². The fraction of sp³-hybridized carbons (Fsp3) is 0.667. The highest BCUT2D eigenvalue weighted by Crippen LogP contribution is 2.28. The molecule has 0 spiro atoms. The molecule has 2 saturated heterocycles. The van der Waals surface area contributed by atoms with Crippen LogP contribution in [-0.4, -0.2) is 57.8 Å². The molecule has 0 radical (unpaired) electrons. The van der Waals surface area contributed by atoms with Gasteiger partial charge in [0.2, 0.25) is 0 Å². The van der Waals surface area contributed by atoms with Crippen molar-refractivity contribution in [2.75, 3.05) is 57.8 Å². The lowest BCUT2D eigenvalue weighted by Crippen LogP contribution is -2.47. The smallest absolute Gasteiger partial charge is 0.142 e. The Hall–Kier alpha value is -1.26. The molecule has 1 N–H and O–H groups in total. The van der Waals surface area contributed by atoms with Crippen LogP contribution < -0.4 is 15.0 Å². The van der Waals surface area contributed by atoms with Crippen LogP contribution in [0.3, 0.4) is 0 Å². The largest absolute Gasteiger partial charge is 0.495 e. The second-order valence-corrected chi connectivity index (χ2v) is 6.50. The standard InChI is InChI=1S/C18H29N3O/c1-22-18-7-3-2-6-17(18)21-13-11-20(12-14-21)10-8-16-5-4-9-19-15-16/h2-3,6-7,16,19H,4-5,8-15H2,1H3. The second-order valence-electron chi connectivity index (χ2n) is 6.50. The fourth-order valence-corrected chi connectivity index (χ4v) is 3.64. The van der Waals surface area contributed by atoms with E-state index in [0.29, 0.717) is 0 Å². The third-order valence-electron chi connectivity index (χ3n) is 5.05. The summed E-state index contributed by atoms with van der Waals surface area (Å²) in [6.45, 7) is 8.23. The van der Waals surface area contributed by atoms with Gasteiger partial charge in [0.15, 0.2) is 0 Å². The number of piperidine rings is 1. The Morgan fingerprint density at radius 2 is 2.00 bits per heavy atom. The van der Waals surface area contributed by atoms with Crippen LogP contribution >= 0.6 is 0 Å². The van der Waals surface area contributed by atoms with Crippen molar-refractivity contribution in [3.63, 3.8) is 0 Å². The first-order chi connectivity index (χ1) is 10.9. The lowest BCUT2D eigenvalue weighted by atomic mass is 9.96. The maximum Gasteiger partial charge on any atom is 0.142 e. The van der Waals surface area contributed by atoms with Gasteiger partial charge >= 0.3 is 0 Å². The molecular formula is C18H29N3O. The zero-order chi connectivity index (χ0) is 15.2. The van der Waals surface area contributed by atoms with E-state index in [9.17, 15) is 0 Å². The van der Waals surface area contributed by atoms with Crippen molar-refractivity contribution in [2.24, 2.45) is 5.92 Å². The normalized spacial score (nSPS) is 23.5. The SMILES string of the molecule is COc1ccccc1N1CCN(CCC2CCCNC2)CC1. The van der Waals surface area contributed by atoms with E-state index in [4.69, 9.17) is 4.74 Å². The highest BCUT2D eigenvalue weighted by molar-refractivity contribution is 5.58. The molecule has 0 bridgehead atoms. The maximum atomic E-state index is 5.49. The Bertz CT molecular complexity index is 451. The van der Waals surface area contributed by atoms with E-state index in [-0.39, 0.29) is 0 Å². The zero-order valence-electron chi connectivity index (χ0n) is 13.8. The summed E-state index contributed by atoms with van der Waals surface area (Å²) in [5, 5.41) is 3.52. The van der Waals surface area contributed by atoms with Gasteiger partial charge in [-0.1, -0.05) is 12.1 Å². The van der Waals surface area contributed by atoms with Crippen molar-refractivity contribution < 1.29 is 4.74 Å². The Labute approximate surface area is 134 Å². The molecule has 2 fully saturated rings. The van der Waals surface area contributed by atoms with Crippen LogP contribution in [0.4, 0.5) is 5.69 Å². The summed E-state index contributed by atoms with van der Waals surface area (Å²) in [5.74, 6) is 1.88. The Kier molecular flexibility index (Phi) is 5.57. The van der Waals surface area contributed by atoms with Gasteiger partial charge in [-0.15, -0.1) is 0 Å². The number of nitrogens with zero attached hydrogens (tertiary/aromatic N) is 2. The number of hydrogen-bond donors (Lipinski definition) is 1. The lowest BCUT2D eigenvalue weighted by Gasteiger charge is -2.37. The van der Waals surface area contributed by atoms with Crippen LogP contribution in [0.15, 0.2) is 24.3 Å². The Morgan fingerprint density at radius 1 is 1.18 bits per heavy atom. The van der Waals surface area contributed by atoms with Crippen molar-refractivity contribution in [3.05, 3.63) is 24.3 Å². The summed E-state index contributed by atoms with van der Waals surface area (Å²) in [5.41, 5.74) is 1.24. The molecule has 0 aromatic heterocycles. The van der Waals surface area contributed by atoms with Crippen LogP contribution in [0.2, 0.25) is 0 Å². The second kappa shape index (κ2) is 7.84. The molecule has 1 aromatic carbocycles. The average Bonchev–Trinajstić information content (AvgIpc) is 2.61. The van der Waals surface area contributed by atoms with Gasteiger partial charge in [-0.25, -0.2) is 0 Å². The number of rotatable bonds is 5. The van der Waals surface area contributed by atoms with Crippen LogP contribution in [-0.2, 0) is 0 Å². The van der Waals surface area contributed by atoms with Gasteiger partial charge in [-0.2, -0.15) is 0 Å². The number of nitrogens with one attached hydrogen (secondary N) is 1. The van der Waals surface area contributed by atoms with E-state index in [1.807, 2.05) is 6.07 Å². The molecule has 4 nitrogen and oxygen atoms in total. The molecular weight excluding hydrogens is 274 g/mol. The first kappa shape index (κ1) is 15.6. The number of hydrogen-bond acceptors (Lipinski definition) is 4. The predicted octanol–water partition coefficient (Wildman–Crippen LogP) is 2.21. The summed E-state index contributed by atoms with van der Waals surface area (Å²) >= 11 is 0. The van der Waals surface area contributed by atoms with Crippen molar-refractivity contribution in [2.45, 2.75) is 19.3 Å². The summed E-state index contributed by atoms with van der Waals surface area (Å²) in [6, 6.07) is 8.36. The lowest BCUT2D eigenvalue weighted by molar-refractivity contribution is 0.225. The molecule has 0 aliphatic carbocycles. The van der Waals surface area contributed by atoms with Gasteiger partial charge in [-0.3, -0.25) is 4.90 Å². The van der Waals surface area contributed by atoms with Gasteiger partial charge < -0.3 is 15.0 Å². The predicted molar refractivity (Wildman–Crippen MR) is 91.9 cm³/mol. The molecule has 2 aliphatic rings. The first-order valence-corrected chi connectivity index (χ1v) is 8.68. The molecule has 3 rings (SSSR count). The Morgan fingerprint density at radius 3 is 2.73 bits per heavy atom. The number of para-hydroxylation sites is 2. The van der Waals surface area contributed by atoms with E-state index in [1.54, 1.807) is 7.11 Å². The van der Waals surface area contributed by atoms with Gasteiger partial charge in [0, 0.05) is 26.2 Å². The molecule has 122 valence electrons. The number of anilines is 1. The monoisotopic (exact) mass is 303 g/mol. The van der Waals surface area contributed by atoms with Crippen molar-refractivity contribution in [3.8, 4) is 5.75 Å². The van der Waals surface area contributed by atoms with Crippen LogP contribution in [0.1, 0.15) is 19.3 Å². The van der Waals surface area contributed by atoms with Gasteiger partial charge in [-0.05, 0) is 56.9 Å². The quantitative estimate of drug-likeness (QED) is 0.902. The molecule has 2 aliphatic heterocycles. The number of benzene rings is 1. The minimum atomic E-state index is 0.890. The van der Waals surface area contributed by atoms with Crippen LogP contribution in [0.25, 0.3) is 0 Å². The molecule has 22 heavy (non-hydrogen) atoms. The Balaban J connectivity index is 1.45. The molecule has 0 saturated carbocycles. The summed E-state index contributed by atoms with van der Waals surface area (Å²) < 4.78 is 5.49. The first-order valence-electron chi connectivity index (χ1n) is 8.68. The van der Waals surface area contributed by atoms with Gasteiger partial charge in [0.25, 0.3) is 0 Å². The van der Waals surface area contributed by atoms with Gasteiger partial charge in [0.1, 0.15) is 5.75 Å². The van der Waals surface area contributed by atoms with E-state index < -0.39 is 0 Å². The highest BCUT2D eigenvalue weighted by atomic mass is 16.5. The number of ether oxygens (including phenoxy) is 1. The van der Waals surface area contributed by atoms with Crippen LogP contribution in [0, 0.1) is 5.92 Å². The van der Waals surface area contributed by atoms with Crippen molar-refractivity contribution in [1.82, 2.24) is 10.2 Å². The molecule has 0 amide bonds. The van der Waals surface area contributed by atoms with Crippen molar-refractivity contribution >= 4 is 5.69 Å². The number of piperazine rings is 1.